The predicted octanol–water partition coefficient (Wildman–Crippen LogP) is 5.78. The lowest BCUT2D eigenvalue weighted by Gasteiger charge is -2.31. The molecule has 0 bridgehead atoms. The number of aromatic amines is 1. The van der Waals surface area contributed by atoms with Crippen molar-refractivity contribution in [1.82, 2.24) is 14.8 Å². The zero-order chi connectivity index (χ0) is 26.6. The summed E-state index contributed by atoms with van der Waals surface area (Å²) < 4.78 is 37.8. The summed E-state index contributed by atoms with van der Waals surface area (Å²) in [4.78, 5) is 11.5. The number of carboxylic acid groups (broad SMARTS) is 1. The quantitative estimate of drug-likeness (QED) is 0.242. The third-order valence-corrected chi connectivity index (χ3v) is 7.30. The molecule has 1 aliphatic carbocycles. The number of aliphatic hydroxyl groups is 1. The van der Waals surface area contributed by atoms with Gasteiger partial charge in [-0.3, -0.25) is 5.10 Å². The van der Waals surface area contributed by atoms with Gasteiger partial charge in [0.25, 0.3) is 0 Å². The topological polar surface area (TPSA) is 100 Å². The van der Waals surface area contributed by atoms with Gasteiger partial charge in [0.15, 0.2) is 5.82 Å². The number of benzene rings is 3. The van der Waals surface area contributed by atoms with Gasteiger partial charge in [0.2, 0.25) is 0 Å². The van der Waals surface area contributed by atoms with E-state index < -0.39 is 23.2 Å². The van der Waals surface area contributed by atoms with Gasteiger partial charge < -0.3 is 19.5 Å². The highest BCUT2D eigenvalue weighted by molar-refractivity contribution is 6.06. The van der Waals surface area contributed by atoms with Crippen LogP contribution in [0.2, 0.25) is 0 Å². The van der Waals surface area contributed by atoms with Crippen LogP contribution in [0.5, 0.6) is 0 Å². The molecule has 6 rings (SSSR count). The van der Waals surface area contributed by atoms with Gasteiger partial charge in [-0.2, -0.15) is 5.10 Å². The molecule has 1 saturated carbocycles. The number of hydrogen-bond donors (Lipinski definition) is 3. The number of rotatable bonds is 8. The number of halogens is 2. The second-order valence-corrected chi connectivity index (χ2v) is 9.67. The van der Waals surface area contributed by atoms with E-state index in [0.717, 1.165) is 12.8 Å². The van der Waals surface area contributed by atoms with E-state index in [1.165, 1.54) is 30.5 Å². The number of nitrogens with zero attached hydrogens (tertiary/aromatic N) is 2. The number of fused-ring (bicyclic) bond motifs is 2. The van der Waals surface area contributed by atoms with Crippen LogP contribution in [0, 0.1) is 17.6 Å². The fourth-order valence-electron chi connectivity index (χ4n) is 5.33. The van der Waals surface area contributed by atoms with E-state index >= 15 is 4.39 Å². The summed E-state index contributed by atoms with van der Waals surface area (Å²) >= 11 is 0. The molecule has 38 heavy (non-hydrogen) atoms. The maximum Gasteiger partial charge on any atom is 0.335 e. The summed E-state index contributed by atoms with van der Waals surface area (Å²) in [5.74, 6) is -2.19. The standard InChI is InChI=1S/C29H25F2N3O4/c1-2-38-15-29(37,19-7-8-19)27-23(16-3-5-17(6-4-16)28(35)36)24-22(13-18-14-32-33-26(18)25(24)31)34(27)21-11-9-20(30)10-12-21/h3-6,9-14,19,37H,2,7-8,15H2,1H3,(H,32,33)(H,35,36). The fraction of sp³-hybridized carbons (Fsp3) is 0.241. The molecule has 0 aliphatic heterocycles. The van der Waals surface area contributed by atoms with Crippen LogP contribution >= 0.6 is 0 Å². The van der Waals surface area contributed by atoms with E-state index in [1.54, 1.807) is 34.9 Å². The van der Waals surface area contributed by atoms with Crippen LogP contribution in [0.25, 0.3) is 38.6 Å². The second-order valence-electron chi connectivity index (χ2n) is 9.67. The number of hydrogen-bond acceptors (Lipinski definition) is 4. The van der Waals surface area contributed by atoms with E-state index in [-0.39, 0.29) is 29.0 Å². The van der Waals surface area contributed by atoms with Gasteiger partial charge in [0.05, 0.1) is 29.6 Å². The molecule has 0 radical (unpaired) electrons. The van der Waals surface area contributed by atoms with Crippen molar-refractivity contribution < 1.29 is 28.5 Å². The molecule has 2 aromatic heterocycles. The lowest BCUT2D eigenvalue weighted by molar-refractivity contribution is -0.0675. The minimum atomic E-state index is -1.50. The molecule has 3 N–H and O–H groups in total. The fourth-order valence-corrected chi connectivity index (χ4v) is 5.33. The average molecular weight is 518 g/mol. The Balaban J connectivity index is 1.78. The molecule has 1 fully saturated rings. The molecule has 9 heteroatoms. The molecular weight excluding hydrogens is 492 g/mol. The first-order chi connectivity index (χ1) is 18.3. The zero-order valence-electron chi connectivity index (χ0n) is 20.5. The summed E-state index contributed by atoms with van der Waals surface area (Å²) in [6, 6.07) is 13.7. The summed E-state index contributed by atoms with van der Waals surface area (Å²) in [7, 11) is 0. The zero-order valence-corrected chi connectivity index (χ0v) is 20.5. The van der Waals surface area contributed by atoms with Gasteiger partial charge in [-0.15, -0.1) is 0 Å². The van der Waals surface area contributed by atoms with Crippen molar-refractivity contribution in [2.75, 3.05) is 13.2 Å². The van der Waals surface area contributed by atoms with Crippen molar-refractivity contribution in [3.05, 3.63) is 83.7 Å². The monoisotopic (exact) mass is 517 g/mol. The number of ether oxygens (including phenoxy) is 1. The lowest BCUT2D eigenvalue weighted by Crippen LogP contribution is -2.37. The van der Waals surface area contributed by atoms with Crippen LogP contribution in [0.4, 0.5) is 8.78 Å². The smallest absolute Gasteiger partial charge is 0.335 e. The number of carboxylic acids is 1. The molecule has 3 aromatic carbocycles. The largest absolute Gasteiger partial charge is 0.478 e. The Morgan fingerprint density at radius 3 is 2.50 bits per heavy atom. The summed E-state index contributed by atoms with van der Waals surface area (Å²) in [5, 5.41) is 29.3. The Morgan fingerprint density at radius 2 is 1.87 bits per heavy atom. The molecular formula is C29H25F2N3O4. The molecule has 5 aromatic rings. The van der Waals surface area contributed by atoms with E-state index in [4.69, 9.17) is 4.74 Å². The van der Waals surface area contributed by atoms with Crippen LogP contribution in [-0.2, 0) is 10.3 Å². The van der Waals surface area contributed by atoms with Crippen molar-refractivity contribution in [1.29, 1.82) is 0 Å². The van der Waals surface area contributed by atoms with Gasteiger partial charge >= 0.3 is 5.97 Å². The van der Waals surface area contributed by atoms with Crippen LogP contribution in [0.15, 0.2) is 60.8 Å². The third-order valence-electron chi connectivity index (χ3n) is 7.30. The van der Waals surface area contributed by atoms with E-state index in [2.05, 4.69) is 10.2 Å². The maximum atomic E-state index is 16.3. The Bertz CT molecular complexity index is 1670. The minimum Gasteiger partial charge on any atom is -0.478 e. The van der Waals surface area contributed by atoms with E-state index in [9.17, 15) is 19.4 Å². The van der Waals surface area contributed by atoms with Crippen molar-refractivity contribution in [3.8, 4) is 16.8 Å². The number of H-pyrrole nitrogens is 1. The van der Waals surface area contributed by atoms with E-state index in [1.807, 2.05) is 6.92 Å². The van der Waals surface area contributed by atoms with Crippen molar-refractivity contribution >= 4 is 27.8 Å². The van der Waals surface area contributed by atoms with Gasteiger partial charge in [-0.05, 0) is 73.7 Å². The number of carbonyl (C=O) groups is 1. The number of aromatic carboxylic acids is 1. The first kappa shape index (κ1) is 24.3. The lowest BCUT2D eigenvalue weighted by atomic mass is 9.87. The van der Waals surface area contributed by atoms with Gasteiger partial charge in [0, 0.05) is 28.6 Å². The molecule has 1 unspecified atom stereocenters. The molecule has 0 saturated heterocycles. The molecule has 7 nitrogen and oxygen atoms in total. The van der Waals surface area contributed by atoms with Gasteiger partial charge in [-0.25, -0.2) is 13.6 Å². The SMILES string of the molecule is CCOCC(O)(c1c(-c2ccc(C(=O)O)cc2)c2c(F)c3[nH]ncc3cc2n1-c1ccc(F)cc1)C1CC1. The molecule has 0 amide bonds. The van der Waals surface area contributed by atoms with Crippen molar-refractivity contribution in [2.45, 2.75) is 25.4 Å². The maximum absolute atomic E-state index is 16.3. The summed E-state index contributed by atoms with van der Waals surface area (Å²) in [6.45, 7) is 2.19. The van der Waals surface area contributed by atoms with Crippen LogP contribution in [0.1, 0.15) is 35.8 Å². The predicted molar refractivity (Wildman–Crippen MR) is 138 cm³/mol. The Kier molecular flexibility index (Phi) is 5.77. The van der Waals surface area contributed by atoms with Gasteiger partial charge in [0.1, 0.15) is 16.9 Å². The molecule has 0 spiro atoms. The van der Waals surface area contributed by atoms with Crippen LogP contribution in [0.3, 0.4) is 0 Å². The average Bonchev–Trinajstić information content (AvgIpc) is 3.58. The molecule has 194 valence electrons. The summed E-state index contributed by atoms with van der Waals surface area (Å²) in [5.41, 5.74) is 1.17. The first-order valence-electron chi connectivity index (χ1n) is 12.4. The Labute approximate surface area is 216 Å². The molecule has 1 atom stereocenters. The highest BCUT2D eigenvalue weighted by atomic mass is 19.1. The second kappa shape index (κ2) is 9.04. The van der Waals surface area contributed by atoms with Crippen LogP contribution in [-0.4, -0.2) is 44.2 Å². The Morgan fingerprint density at radius 1 is 1.16 bits per heavy atom. The number of nitrogens with one attached hydrogen (secondary N) is 1. The minimum absolute atomic E-state index is 0.0209. The Hall–Kier alpha value is -4.08. The molecule has 1 aliphatic rings. The van der Waals surface area contributed by atoms with E-state index in [0.29, 0.717) is 40.0 Å². The highest BCUT2D eigenvalue weighted by Gasteiger charge is 2.49. The highest BCUT2D eigenvalue weighted by Crippen LogP contribution is 2.52. The number of aromatic nitrogens is 3. The third kappa shape index (κ3) is 3.77. The van der Waals surface area contributed by atoms with Crippen molar-refractivity contribution in [3.63, 3.8) is 0 Å². The van der Waals surface area contributed by atoms with Crippen LogP contribution < -0.4 is 0 Å². The normalized spacial score (nSPS) is 15.3. The first-order valence-corrected chi connectivity index (χ1v) is 12.4. The van der Waals surface area contributed by atoms with Gasteiger partial charge in [-0.1, -0.05) is 12.1 Å². The molecule has 2 heterocycles. The summed E-state index contributed by atoms with van der Waals surface area (Å²) in [6.07, 6.45) is 3.05. The van der Waals surface area contributed by atoms with Crippen molar-refractivity contribution in [2.24, 2.45) is 5.92 Å².